The summed E-state index contributed by atoms with van der Waals surface area (Å²) in [6.07, 6.45) is 0. The van der Waals surface area contributed by atoms with E-state index in [1.807, 2.05) is 19.1 Å². The molecule has 0 bridgehead atoms. The Bertz CT molecular complexity index is 1440. The molecule has 0 aliphatic carbocycles. The monoisotopic (exact) mass is 464 g/mol. The smallest absolute Gasteiger partial charge is 0.270 e. The number of hydrogen-bond donors (Lipinski definition) is 1. The minimum Gasteiger partial charge on any atom is -0.494 e. The van der Waals surface area contributed by atoms with Crippen LogP contribution >= 0.6 is 0 Å². The molecule has 33 heavy (non-hydrogen) atoms. The summed E-state index contributed by atoms with van der Waals surface area (Å²) < 4.78 is 31.8. The molecule has 0 spiro atoms. The second kappa shape index (κ2) is 9.21. The predicted molar refractivity (Wildman–Crippen MR) is 124 cm³/mol. The number of non-ortho nitro benzene ring substituents is 1. The lowest BCUT2D eigenvalue weighted by Crippen LogP contribution is -2.10. The maximum atomic E-state index is 13.1. The maximum Gasteiger partial charge on any atom is 0.270 e. The number of fused-ring (bicyclic) bond motifs is 1. The summed E-state index contributed by atoms with van der Waals surface area (Å²) in [5, 5.41) is 14.2. The van der Waals surface area contributed by atoms with Gasteiger partial charge in [-0.25, -0.2) is 18.4 Å². The van der Waals surface area contributed by atoms with Gasteiger partial charge in [0.2, 0.25) is 0 Å². The predicted octanol–water partition coefficient (Wildman–Crippen LogP) is 4.65. The average Bonchev–Trinajstić information content (AvgIpc) is 2.80. The van der Waals surface area contributed by atoms with Crippen molar-refractivity contribution in [1.82, 2.24) is 9.97 Å². The largest absolute Gasteiger partial charge is 0.494 e. The molecule has 0 aliphatic rings. The lowest BCUT2D eigenvalue weighted by molar-refractivity contribution is -0.385. The number of hydrogen-bond acceptors (Lipinski definition) is 8. The van der Waals surface area contributed by atoms with Crippen LogP contribution < -0.4 is 10.1 Å². The van der Waals surface area contributed by atoms with Crippen LogP contribution in [0.15, 0.2) is 77.7 Å². The fourth-order valence-corrected chi connectivity index (χ4v) is 4.57. The fourth-order valence-electron chi connectivity index (χ4n) is 3.26. The Hall–Kier alpha value is -4.05. The summed E-state index contributed by atoms with van der Waals surface area (Å²) in [5.41, 5.74) is 1.68. The van der Waals surface area contributed by atoms with E-state index in [1.54, 1.807) is 36.4 Å². The van der Waals surface area contributed by atoms with Gasteiger partial charge in [0.05, 0.1) is 33.2 Å². The molecule has 0 aliphatic heterocycles. The van der Waals surface area contributed by atoms with E-state index in [-0.39, 0.29) is 22.1 Å². The molecule has 168 valence electrons. The highest BCUT2D eigenvalue weighted by Crippen LogP contribution is 2.27. The number of sulfone groups is 1. The zero-order valence-electron chi connectivity index (χ0n) is 17.6. The lowest BCUT2D eigenvalue weighted by Gasteiger charge is -2.13. The van der Waals surface area contributed by atoms with E-state index >= 15 is 0 Å². The average molecular weight is 465 g/mol. The van der Waals surface area contributed by atoms with Crippen LogP contribution in [-0.2, 0) is 15.6 Å². The Kier molecular flexibility index (Phi) is 6.18. The molecule has 1 heterocycles. The van der Waals surface area contributed by atoms with Crippen molar-refractivity contribution in [3.05, 3.63) is 88.6 Å². The third kappa shape index (κ3) is 5.07. The molecule has 0 saturated carbocycles. The third-order valence-corrected chi connectivity index (χ3v) is 6.39. The van der Waals surface area contributed by atoms with E-state index in [9.17, 15) is 18.5 Å². The Morgan fingerprint density at radius 3 is 2.42 bits per heavy atom. The van der Waals surface area contributed by atoms with Crippen molar-refractivity contribution < 1.29 is 18.1 Å². The van der Waals surface area contributed by atoms with Crippen LogP contribution in [0, 0.1) is 10.1 Å². The second-order valence-corrected chi connectivity index (χ2v) is 9.10. The molecule has 3 aromatic carbocycles. The first kappa shape index (κ1) is 22.2. The first-order valence-electron chi connectivity index (χ1n) is 10.1. The number of nitro benzene ring substituents is 1. The van der Waals surface area contributed by atoms with E-state index in [4.69, 9.17) is 4.74 Å². The van der Waals surface area contributed by atoms with E-state index < -0.39 is 20.5 Å². The lowest BCUT2D eigenvalue weighted by atomic mass is 10.2. The van der Waals surface area contributed by atoms with Crippen LogP contribution in [0.25, 0.3) is 11.0 Å². The highest BCUT2D eigenvalue weighted by Gasteiger charge is 2.22. The number of nitro groups is 1. The number of nitrogens with zero attached hydrogens (tertiary/aromatic N) is 3. The van der Waals surface area contributed by atoms with Crippen molar-refractivity contribution >= 4 is 38.1 Å². The molecule has 0 radical (unpaired) electrons. The van der Waals surface area contributed by atoms with Crippen molar-refractivity contribution in [2.75, 3.05) is 11.9 Å². The quantitative estimate of drug-likeness (QED) is 0.295. The zero-order chi connectivity index (χ0) is 23.4. The molecular weight excluding hydrogens is 444 g/mol. The van der Waals surface area contributed by atoms with E-state index in [0.29, 0.717) is 29.1 Å². The van der Waals surface area contributed by atoms with E-state index in [2.05, 4.69) is 15.3 Å². The zero-order valence-corrected chi connectivity index (χ0v) is 18.5. The van der Waals surface area contributed by atoms with Crippen LogP contribution in [0.5, 0.6) is 5.75 Å². The number of ether oxygens (including phenoxy) is 1. The van der Waals surface area contributed by atoms with Crippen molar-refractivity contribution in [3.8, 4) is 5.75 Å². The molecule has 9 nitrogen and oxygen atoms in total. The molecule has 0 fully saturated rings. The van der Waals surface area contributed by atoms with Crippen LogP contribution in [0.2, 0.25) is 0 Å². The van der Waals surface area contributed by atoms with Crippen molar-refractivity contribution in [1.29, 1.82) is 0 Å². The number of nitrogens with one attached hydrogen (secondary N) is 1. The maximum absolute atomic E-state index is 13.1. The van der Waals surface area contributed by atoms with Gasteiger partial charge in [-0.05, 0) is 37.3 Å². The first-order valence-corrected chi connectivity index (χ1v) is 11.7. The van der Waals surface area contributed by atoms with Crippen molar-refractivity contribution in [3.63, 3.8) is 0 Å². The molecule has 0 amide bonds. The number of aromatic nitrogens is 2. The molecule has 1 aromatic heterocycles. The fraction of sp³-hybridized carbons (Fsp3) is 0.130. The van der Waals surface area contributed by atoms with Gasteiger partial charge in [0.25, 0.3) is 5.69 Å². The van der Waals surface area contributed by atoms with Crippen molar-refractivity contribution in [2.24, 2.45) is 0 Å². The summed E-state index contributed by atoms with van der Waals surface area (Å²) in [4.78, 5) is 19.4. The van der Waals surface area contributed by atoms with Crippen molar-refractivity contribution in [2.45, 2.75) is 17.6 Å². The highest BCUT2D eigenvalue weighted by molar-refractivity contribution is 7.90. The Labute approximate surface area is 190 Å². The standard InChI is InChI=1S/C23H20N4O5S/c1-2-32-18-9-5-7-16(13-18)24-23-22(25-20-11-3-4-12-21(20)26-23)15-33(30,31)19-10-6-8-17(14-19)27(28)29/h3-14H,2,15H2,1H3,(H,24,26). The van der Waals surface area contributed by atoms with Gasteiger partial charge in [-0.15, -0.1) is 0 Å². The minimum atomic E-state index is -3.94. The number of rotatable bonds is 8. The summed E-state index contributed by atoms with van der Waals surface area (Å²) in [7, 11) is -3.94. The summed E-state index contributed by atoms with van der Waals surface area (Å²) in [6, 6.07) is 19.3. The van der Waals surface area contributed by atoms with Gasteiger partial charge in [-0.2, -0.15) is 0 Å². The normalized spacial score (nSPS) is 11.3. The van der Waals surface area contributed by atoms with E-state index in [1.165, 1.54) is 18.2 Å². The van der Waals surface area contributed by atoms with Gasteiger partial charge >= 0.3 is 0 Å². The molecule has 1 N–H and O–H groups in total. The van der Waals surface area contributed by atoms with Crippen LogP contribution in [-0.4, -0.2) is 29.9 Å². The molecule has 10 heteroatoms. The first-order chi connectivity index (χ1) is 15.9. The molecule has 0 atom stereocenters. The molecular formula is C23H20N4O5S. The second-order valence-electron chi connectivity index (χ2n) is 7.11. The topological polar surface area (TPSA) is 124 Å². The van der Waals surface area contributed by atoms with Crippen LogP contribution in [0.1, 0.15) is 12.6 Å². The number of para-hydroxylation sites is 2. The molecule has 4 rings (SSSR count). The Morgan fingerprint density at radius 1 is 0.970 bits per heavy atom. The third-order valence-electron chi connectivity index (χ3n) is 4.76. The van der Waals surface area contributed by atoms with E-state index in [0.717, 1.165) is 6.07 Å². The Balaban J connectivity index is 1.75. The number of benzene rings is 3. The summed E-state index contributed by atoms with van der Waals surface area (Å²) in [5.74, 6) is 0.442. The van der Waals surface area contributed by atoms with Gasteiger partial charge in [-0.1, -0.05) is 24.3 Å². The number of anilines is 2. The van der Waals surface area contributed by atoms with Gasteiger partial charge in [0.1, 0.15) is 11.5 Å². The van der Waals surface area contributed by atoms with Crippen LogP contribution in [0.3, 0.4) is 0 Å². The molecule has 4 aromatic rings. The Morgan fingerprint density at radius 2 is 1.70 bits per heavy atom. The highest BCUT2D eigenvalue weighted by atomic mass is 32.2. The SMILES string of the molecule is CCOc1cccc(Nc2nc3ccccc3nc2CS(=O)(=O)c2cccc([N+](=O)[O-])c2)c1. The van der Waals surface area contributed by atoms with Gasteiger partial charge < -0.3 is 10.1 Å². The summed E-state index contributed by atoms with van der Waals surface area (Å²) in [6.45, 7) is 2.39. The molecule has 0 saturated heterocycles. The minimum absolute atomic E-state index is 0.157. The van der Waals surface area contributed by atoms with Crippen LogP contribution in [0.4, 0.5) is 17.2 Å². The van der Waals surface area contributed by atoms with Gasteiger partial charge in [-0.3, -0.25) is 10.1 Å². The van der Waals surface area contributed by atoms with Gasteiger partial charge in [0, 0.05) is 23.9 Å². The van der Waals surface area contributed by atoms with Gasteiger partial charge in [0.15, 0.2) is 15.7 Å². The summed E-state index contributed by atoms with van der Waals surface area (Å²) >= 11 is 0. The molecule has 0 unspecified atom stereocenters.